The van der Waals surface area contributed by atoms with E-state index in [0.717, 1.165) is 0 Å². The predicted molar refractivity (Wildman–Crippen MR) is 81.2 cm³/mol. The molecular formula is C15H24N2S. The van der Waals surface area contributed by atoms with E-state index in [9.17, 15) is 0 Å². The number of rotatable bonds is 4. The van der Waals surface area contributed by atoms with Gasteiger partial charge in [0, 0.05) is 24.4 Å². The van der Waals surface area contributed by atoms with Gasteiger partial charge in [-0.25, -0.2) is 0 Å². The summed E-state index contributed by atoms with van der Waals surface area (Å²) in [5.41, 5.74) is 10.1. The molecule has 2 nitrogen and oxygen atoms in total. The molecule has 0 radical (unpaired) electrons. The summed E-state index contributed by atoms with van der Waals surface area (Å²) in [7, 11) is 2.23. The molecule has 0 bridgehead atoms. The molecule has 18 heavy (non-hydrogen) atoms. The van der Waals surface area contributed by atoms with E-state index in [2.05, 4.69) is 55.8 Å². The monoisotopic (exact) mass is 264 g/mol. The third-order valence-electron chi connectivity index (χ3n) is 3.98. The van der Waals surface area contributed by atoms with Gasteiger partial charge < -0.3 is 5.73 Å². The van der Waals surface area contributed by atoms with Crippen molar-refractivity contribution in [3.8, 4) is 0 Å². The maximum absolute atomic E-state index is 6.03. The fourth-order valence-electron chi connectivity index (χ4n) is 2.81. The number of thioether (sulfide) groups is 1. The first-order chi connectivity index (χ1) is 8.63. The van der Waals surface area contributed by atoms with E-state index < -0.39 is 0 Å². The zero-order valence-corrected chi connectivity index (χ0v) is 12.5. The molecule has 1 fully saturated rings. The summed E-state index contributed by atoms with van der Waals surface area (Å²) in [6, 6.07) is 7.75. The second-order valence-electron chi connectivity index (χ2n) is 5.29. The molecule has 100 valence electrons. The van der Waals surface area contributed by atoms with Crippen LogP contribution < -0.4 is 5.73 Å². The van der Waals surface area contributed by atoms with Gasteiger partial charge in [-0.3, -0.25) is 4.90 Å². The Morgan fingerprint density at radius 3 is 2.78 bits per heavy atom. The van der Waals surface area contributed by atoms with Gasteiger partial charge in [0.15, 0.2) is 0 Å². The lowest BCUT2D eigenvalue weighted by molar-refractivity contribution is 0.192. The topological polar surface area (TPSA) is 29.3 Å². The summed E-state index contributed by atoms with van der Waals surface area (Å²) in [6.45, 7) is 5.04. The van der Waals surface area contributed by atoms with E-state index in [4.69, 9.17) is 5.73 Å². The number of likely N-dealkylation sites (N-methyl/N-ethyl adjacent to an activating group) is 1. The highest BCUT2D eigenvalue weighted by molar-refractivity contribution is 7.99. The molecule has 1 aromatic carbocycles. The van der Waals surface area contributed by atoms with Crippen molar-refractivity contribution < 1.29 is 0 Å². The quantitative estimate of drug-likeness (QED) is 0.906. The summed E-state index contributed by atoms with van der Waals surface area (Å²) in [6.07, 6.45) is 1.29. The normalized spacial score (nSPS) is 21.5. The van der Waals surface area contributed by atoms with Crippen LogP contribution in [0.2, 0.25) is 0 Å². The first kappa shape index (κ1) is 13.9. The van der Waals surface area contributed by atoms with Crippen LogP contribution in [-0.2, 0) is 0 Å². The maximum atomic E-state index is 6.03. The number of benzene rings is 1. The van der Waals surface area contributed by atoms with Crippen LogP contribution in [0.25, 0.3) is 0 Å². The van der Waals surface area contributed by atoms with Gasteiger partial charge in [-0.05, 0) is 44.2 Å². The molecule has 1 aromatic rings. The Bertz CT molecular complexity index is 399. The third-order valence-corrected chi connectivity index (χ3v) is 5.13. The number of hydrogen-bond acceptors (Lipinski definition) is 3. The molecular weight excluding hydrogens is 240 g/mol. The SMILES string of the molecule is Cc1ccc(C(CN)N(C)C2CCSC2)c(C)c1. The Kier molecular flexibility index (Phi) is 4.71. The molecule has 0 aliphatic carbocycles. The third kappa shape index (κ3) is 2.90. The fourth-order valence-corrected chi connectivity index (χ4v) is 4.09. The molecule has 0 aromatic heterocycles. The van der Waals surface area contributed by atoms with Crippen molar-refractivity contribution >= 4 is 11.8 Å². The molecule has 2 N–H and O–H groups in total. The van der Waals surface area contributed by atoms with Crippen molar-refractivity contribution in [3.05, 3.63) is 34.9 Å². The van der Waals surface area contributed by atoms with Crippen molar-refractivity contribution in [1.29, 1.82) is 0 Å². The summed E-state index contributed by atoms with van der Waals surface area (Å²) in [5, 5.41) is 0. The molecule has 1 aliphatic rings. The van der Waals surface area contributed by atoms with Crippen LogP contribution in [0, 0.1) is 13.8 Å². The van der Waals surface area contributed by atoms with Gasteiger partial charge in [0.25, 0.3) is 0 Å². The van der Waals surface area contributed by atoms with Gasteiger partial charge in [-0.1, -0.05) is 23.8 Å². The van der Waals surface area contributed by atoms with Crippen molar-refractivity contribution in [2.45, 2.75) is 32.4 Å². The second kappa shape index (κ2) is 6.09. The first-order valence-corrected chi connectivity index (χ1v) is 7.86. The van der Waals surface area contributed by atoms with E-state index in [1.807, 2.05) is 0 Å². The summed E-state index contributed by atoms with van der Waals surface area (Å²) in [4.78, 5) is 2.48. The molecule has 0 amide bonds. The van der Waals surface area contributed by atoms with Gasteiger partial charge in [-0.15, -0.1) is 0 Å². The average Bonchev–Trinajstić information content (AvgIpc) is 2.86. The standard InChI is InChI=1S/C15H24N2S/c1-11-4-5-14(12(2)8-11)15(9-16)17(3)13-6-7-18-10-13/h4-5,8,13,15H,6-7,9-10,16H2,1-3H3. The van der Waals surface area contributed by atoms with Crippen molar-refractivity contribution in [2.24, 2.45) is 5.73 Å². The lowest BCUT2D eigenvalue weighted by Gasteiger charge is -2.33. The minimum absolute atomic E-state index is 0.356. The number of nitrogens with two attached hydrogens (primary N) is 1. The lowest BCUT2D eigenvalue weighted by Crippen LogP contribution is -2.39. The lowest BCUT2D eigenvalue weighted by atomic mass is 9.97. The molecule has 3 heteroatoms. The van der Waals surface area contributed by atoms with E-state index in [0.29, 0.717) is 18.6 Å². The zero-order chi connectivity index (χ0) is 13.1. The Labute approximate surface area is 115 Å². The summed E-state index contributed by atoms with van der Waals surface area (Å²) < 4.78 is 0. The summed E-state index contributed by atoms with van der Waals surface area (Å²) in [5.74, 6) is 2.54. The van der Waals surface area contributed by atoms with Crippen LogP contribution >= 0.6 is 11.8 Å². The maximum Gasteiger partial charge on any atom is 0.0473 e. The van der Waals surface area contributed by atoms with Crippen molar-refractivity contribution in [1.82, 2.24) is 4.90 Å². The van der Waals surface area contributed by atoms with Crippen LogP contribution in [0.5, 0.6) is 0 Å². The highest BCUT2D eigenvalue weighted by atomic mass is 32.2. The highest BCUT2D eigenvalue weighted by Gasteiger charge is 2.26. The van der Waals surface area contributed by atoms with Gasteiger partial charge >= 0.3 is 0 Å². The van der Waals surface area contributed by atoms with E-state index in [1.165, 1.54) is 34.6 Å². The fraction of sp³-hybridized carbons (Fsp3) is 0.600. The van der Waals surface area contributed by atoms with Gasteiger partial charge in [0.2, 0.25) is 0 Å². The Hall–Kier alpha value is -0.510. The van der Waals surface area contributed by atoms with Crippen LogP contribution in [0.4, 0.5) is 0 Å². The average molecular weight is 264 g/mol. The van der Waals surface area contributed by atoms with E-state index in [1.54, 1.807) is 0 Å². The van der Waals surface area contributed by atoms with E-state index >= 15 is 0 Å². The molecule has 1 aliphatic heterocycles. The van der Waals surface area contributed by atoms with Crippen molar-refractivity contribution in [2.75, 3.05) is 25.1 Å². The Balaban J connectivity index is 2.21. The van der Waals surface area contributed by atoms with Gasteiger partial charge in [0.1, 0.15) is 0 Å². The molecule has 2 atom stereocenters. The minimum Gasteiger partial charge on any atom is -0.329 e. The molecule has 2 unspecified atom stereocenters. The number of nitrogens with zero attached hydrogens (tertiary/aromatic N) is 1. The van der Waals surface area contributed by atoms with Crippen LogP contribution in [0.15, 0.2) is 18.2 Å². The number of aryl methyl sites for hydroxylation is 2. The van der Waals surface area contributed by atoms with Crippen LogP contribution in [-0.4, -0.2) is 36.0 Å². The largest absolute Gasteiger partial charge is 0.329 e. The molecule has 0 saturated carbocycles. The Morgan fingerprint density at radius 1 is 1.44 bits per heavy atom. The van der Waals surface area contributed by atoms with Crippen molar-refractivity contribution in [3.63, 3.8) is 0 Å². The predicted octanol–water partition coefficient (Wildman–Crippen LogP) is 2.74. The molecule has 2 rings (SSSR count). The van der Waals surface area contributed by atoms with Gasteiger partial charge in [0.05, 0.1) is 0 Å². The molecule has 1 saturated heterocycles. The summed E-state index contributed by atoms with van der Waals surface area (Å²) >= 11 is 2.06. The van der Waals surface area contributed by atoms with E-state index in [-0.39, 0.29) is 0 Å². The molecule has 0 spiro atoms. The van der Waals surface area contributed by atoms with Gasteiger partial charge in [-0.2, -0.15) is 11.8 Å². The Morgan fingerprint density at radius 2 is 2.22 bits per heavy atom. The zero-order valence-electron chi connectivity index (χ0n) is 11.6. The minimum atomic E-state index is 0.356. The first-order valence-electron chi connectivity index (χ1n) is 6.70. The molecule has 1 heterocycles. The second-order valence-corrected chi connectivity index (χ2v) is 6.44. The smallest absolute Gasteiger partial charge is 0.0473 e. The highest BCUT2D eigenvalue weighted by Crippen LogP contribution is 2.29. The number of hydrogen-bond donors (Lipinski definition) is 1. The van der Waals surface area contributed by atoms with Crippen LogP contribution in [0.1, 0.15) is 29.2 Å². The van der Waals surface area contributed by atoms with Crippen LogP contribution in [0.3, 0.4) is 0 Å².